The maximum atomic E-state index is 11.9. The van der Waals surface area contributed by atoms with E-state index >= 15 is 0 Å². The number of halogens is 1. The van der Waals surface area contributed by atoms with Gasteiger partial charge in [-0.25, -0.2) is 0 Å². The number of nitrogens with one attached hydrogen (secondary N) is 1. The number of carbonyl (C=O) groups excluding carboxylic acids is 1. The second-order valence-corrected chi connectivity index (χ2v) is 6.63. The zero-order valence-electron chi connectivity index (χ0n) is 10.0. The predicted molar refractivity (Wildman–Crippen MR) is 78.7 cm³/mol. The minimum atomic E-state index is 0.0436. The highest BCUT2D eigenvalue weighted by molar-refractivity contribution is 9.11. The summed E-state index contributed by atoms with van der Waals surface area (Å²) < 4.78 is 1.06. The smallest absolute Gasteiger partial charge is 0.225 e. The zero-order valence-corrected chi connectivity index (χ0v) is 12.4. The minimum Gasteiger partial charge on any atom is -0.349 e. The van der Waals surface area contributed by atoms with Crippen molar-refractivity contribution in [3.8, 4) is 0 Å². The zero-order chi connectivity index (χ0) is 13.0. The summed E-state index contributed by atoms with van der Waals surface area (Å²) in [6.45, 7) is 2.00. The maximum Gasteiger partial charge on any atom is 0.225 e. The van der Waals surface area contributed by atoms with Gasteiger partial charge in [-0.1, -0.05) is 30.3 Å². The third-order valence-electron chi connectivity index (χ3n) is 2.64. The molecular formula is C14H14BrNOS. The molecule has 1 N–H and O–H groups in total. The van der Waals surface area contributed by atoms with Crippen LogP contribution in [0, 0.1) is 0 Å². The molecule has 94 valence electrons. The topological polar surface area (TPSA) is 29.1 Å². The molecule has 18 heavy (non-hydrogen) atoms. The second-order valence-electron chi connectivity index (χ2n) is 4.08. The fraction of sp³-hybridized carbons (Fsp3) is 0.214. The molecule has 0 bridgehead atoms. The van der Waals surface area contributed by atoms with Crippen LogP contribution in [0.4, 0.5) is 0 Å². The van der Waals surface area contributed by atoms with E-state index in [9.17, 15) is 4.79 Å². The fourth-order valence-corrected chi connectivity index (χ4v) is 3.20. The van der Waals surface area contributed by atoms with Gasteiger partial charge in [0.15, 0.2) is 0 Å². The Morgan fingerprint density at radius 1 is 1.28 bits per heavy atom. The molecule has 1 aromatic heterocycles. The van der Waals surface area contributed by atoms with Crippen LogP contribution in [-0.2, 0) is 11.2 Å². The van der Waals surface area contributed by atoms with Crippen LogP contribution in [-0.4, -0.2) is 5.91 Å². The Morgan fingerprint density at radius 2 is 2.00 bits per heavy atom. The Balaban J connectivity index is 1.92. The lowest BCUT2D eigenvalue weighted by Crippen LogP contribution is -2.27. The van der Waals surface area contributed by atoms with Crippen molar-refractivity contribution in [2.24, 2.45) is 0 Å². The van der Waals surface area contributed by atoms with Gasteiger partial charge in [-0.15, -0.1) is 11.3 Å². The van der Waals surface area contributed by atoms with Crippen molar-refractivity contribution in [2.45, 2.75) is 19.4 Å². The SMILES string of the molecule is CC(NC(=O)Cc1ccc(Br)s1)c1ccccc1. The van der Waals surface area contributed by atoms with Crippen LogP contribution >= 0.6 is 27.3 Å². The van der Waals surface area contributed by atoms with E-state index in [1.807, 2.05) is 49.4 Å². The summed E-state index contributed by atoms with van der Waals surface area (Å²) in [4.78, 5) is 13.0. The monoisotopic (exact) mass is 323 g/mol. The minimum absolute atomic E-state index is 0.0436. The summed E-state index contributed by atoms with van der Waals surface area (Å²) in [5.74, 6) is 0.0562. The van der Waals surface area contributed by atoms with E-state index in [0.29, 0.717) is 6.42 Å². The molecule has 0 fully saturated rings. The lowest BCUT2D eigenvalue weighted by molar-refractivity contribution is -0.121. The van der Waals surface area contributed by atoms with E-state index in [-0.39, 0.29) is 11.9 Å². The molecule has 1 aromatic carbocycles. The van der Waals surface area contributed by atoms with Gasteiger partial charge < -0.3 is 5.32 Å². The van der Waals surface area contributed by atoms with Gasteiger partial charge in [0.2, 0.25) is 5.91 Å². The fourth-order valence-electron chi connectivity index (χ4n) is 1.72. The van der Waals surface area contributed by atoms with Crippen molar-refractivity contribution >= 4 is 33.2 Å². The van der Waals surface area contributed by atoms with E-state index < -0.39 is 0 Å². The van der Waals surface area contributed by atoms with Crippen molar-refractivity contribution in [1.29, 1.82) is 0 Å². The van der Waals surface area contributed by atoms with Gasteiger partial charge in [-0.3, -0.25) is 4.79 Å². The Bertz CT molecular complexity index is 524. The molecule has 0 aliphatic heterocycles. The highest BCUT2D eigenvalue weighted by Gasteiger charge is 2.10. The lowest BCUT2D eigenvalue weighted by Gasteiger charge is -2.13. The first-order valence-electron chi connectivity index (χ1n) is 5.73. The first-order valence-corrected chi connectivity index (χ1v) is 7.34. The van der Waals surface area contributed by atoms with Crippen LogP contribution in [0.2, 0.25) is 0 Å². The lowest BCUT2D eigenvalue weighted by atomic mass is 10.1. The Kier molecular flexibility index (Phi) is 4.55. The van der Waals surface area contributed by atoms with Gasteiger partial charge in [0.1, 0.15) is 0 Å². The molecule has 0 saturated carbocycles. The van der Waals surface area contributed by atoms with E-state index in [4.69, 9.17) is 0 Å². The summed E-state index contributed by atoms with van der Waals surface area (Å²) in [7, 11) is 0. The number of thiophene rings is 1. The largest absolute Gasteiger partial charge is 0.349 e. The number of hydrogen-bond donors (Lipinski definition) is 1. The molecule has 1 heterocycles. The highest BCUT2D eigenvalue weighted by atomic mass is 79.9. The van der Waals surface area contributed by atoms with E-state index in [2.05, 4.69) is 21.2 Å². The molecule has 1 atom stereocenters. The molecule has 2 nitrogen and oxygen atoms in total. The molecule has 1 amide bonds. The summed E-state index contributed by atoms with van der Waals surface area (Å²) in [6.07, 6.45) is 0.438. The number of carbonyl (C=O) groups is 1. The van der Waals surface area contributed by atoms with Crippen LogP contribution in [0.1, 0.15) is 23.4 Å². The number of hydrogen-bond acceptors (Lipinski definition) is 2. The Hall–Kier alpha value is -1.13. The van der Waals surface area contributed by atoms with Crippen molar-refractivity contribution < 1.29 is 4.79 Å². The van der Waals surface area contributed by atoms with Gasteiger partial charge in [0.25, 0.3) is 0 Å². The molecule has 2 rings (SSSR count). The predicted octanol–water partition coefficient (Wildman–Crippen LogP) is 3.93. The average Bonchev–Trinajstić information content (AvgIpc) is 2.75. The number of benzene rings is 1. The molecule has 0 aliphatic rings. The van der Waals surface area contributed by atoms with Gasteiger partial charge in [-0.2, -0.15) is 0 Å². The van der Waals surface area contributed by atoms with E-state index in [1.165, 1.54) is 0 Å². The van der Waals surface area contributed by atoms with Crippen LogP contribution in [0.3, 0.4) is 0 Å². The molecule has 4 heteroatoms. The molecular weight excluding hydrogens is 310 g/mol. The Morgan fingerprint density at radius 3 is 2.61 bits per heavy atom. The number of amides is 1. The summed E-state index contributed by atoms with van der Waals surface area (Å²) in [5, 5.41) is 3.01. The third kappa shape index (κ3) is 3.68. The number of rotatable bonds is 4. The maximum absolute atomic E-state index is 11.9. The van der Waals surface area contributed by atoms with E-state index in [0.717, 1.165) is 14.2 Å². The summed E-state index contributed by atoms with van der Waals surface area (Å²) in [5.41, 5.74) is 1.12. The van der Waals surface area contributed by atoms with Crippen molar-refractivity contribution in [3.63, 3.8) is 0 Å². The van der Waals surface area contributed by atoms with Crippen molar-refractivity contribution in [3.05, 3.63) is 56.7 Å². The van der Waals surface area contributed by atoms with E-state index in [1.54, 1.807) is 11.3 Å². The van der Waals surface area contributed by atoms with Gasteiger partial charge in [-0.05, 0) is 40.5 Å². The van der Waals surface area contributed by atoms with Crippen LogP contribution in [0.5, 0.6) is 0 Å². The molecule has 0 saturated heterocycles. The first-order chi connectivity index (χ1) is 8.65. The molecule has 0 aliphatic carbocycles. The molecule has 0 radical (unpaired) electrons. The highest BCUT2D eigenvalue weighted by Crippen LogP contribution is 2.22. The molecule has 1 unspecified atom stereocenters. The van der Waals surface area contributed by atoms with Gasteiger partial charge >= 0.3 is 0 Å². The van der Waals surface area contributed by atoms with Gasteiger partial charge in [0.05, 0.1) is 16.2 Å². The molecule has 0 spiro atoms. The summed E-state index contributed by atoms with van der Waals surface area (Å²) >= 11 is 4.99. The quantitative estimate of drug-likeness (QED) is 0.907. The Labute approximate surface area is 119 Å². The summed E-state index contributed by atoms with van der Waals surface area (Å²) in [6, 6.07) is 14.0. The van der Waals surface area contributed by atoms with Crippen LogP contribution in [0.15, 0.2) is 46.3 Å². The van der Waals surface area contributed by atoms with Crippen molar-refractivity contribution in [1.82, 2.24) is 5.32 Å². The van der Waals surface area contributed by atoms with Crippen LogP contribution < -0.4 is 5.32 Å². The average molecular weight is 324 g/mol. The third-order valence-corrected chi connectivity index (χ3v) is 4.26. The second kappa shape index (κ2) is 6.16. The standard InChI is InChI=1S/C14H14BrNOS/c1-10(11-5-3-2-4-6-11)16-14(17)9-12-7-8-13(15)18-12/h2-8,10H,9H2,1H3,(H,16,17). The molecule has 2 aromatic rings. The normalized spacial score (nSPS) is 12.1. The van der Waals surface area contributed by atoms with Gasteiger partial charge in [0, 0.05) is 4.88 Å². The first kappa shape index (κ1) is 13.3. The van der Waals surface area contributed by atoms with Crippen LogP contribution in [0.25, 0.3) is 0 Å². The van der Waals surface area contributed by atoms with Crippen molar-refractivity contribution in [2.75, 3.05) is 0 Å².